The molecule has 448 valence electrons. The number of nitrogens with one attached hydrogen (secondary N) is 7. The molecule has 0 spiro atoms. The summed E-state index contributed by atoms with van der Waals surface area (Å²) in [6.45, 7) is 4.52. The highest BCUT2D eigenvalue weighted by Crippen LogP contribution is 2.53. The average molecular weight is 1170 g/mol. The van der Waals surface area contributed by atoms with E-state index in [-0.39, 0.29) is 73.1 Å². The van der Waals surface area contributed by atoms with Gasteiger partial charge >= 0.3 is 12.1 Å². The van der Waals surface area contributed by atoms with Gasteiger partial charge in [-0.1, -0.05) is 24.3 Å². The Morgan fingerprint density at radius 3 is 2.25 bits per heavy atom. The lowest BCUT2D eigenvalue weighted by Gasteiger charge is -2.43. The fourth-order valence-corrected chi connectivity index (χ4v) is 10.9. The van der Waals surface area contributed by atoms with Crippen LogP contribution in [0.4, 0.5) is 15.3 Å². The van der Waals surface area contributed by atoms with E-state index in [1.807, 2.05) is 0 Å². The number of aliphatic hydroxyl groups is 1. The number of benzene rings is 3. The number of hydrazine groups is 1. The molecule has 2 aliphatic carbocycles. The van der Waals surface area contributed by atoms with Gasteiger partial charge in [0.25, 0.3) is 17.7 Å². The van der Waals surface area contributed by atoms with Crippen LogP contribution in [-0.2, 0) is 70.2 Å². The number of hydrogen-bond donors (Lipinski definition) is 10. The zero-order valence-electron chi connectivity index (χ0n) is 46.1. The Balaban J connectivity index is 0.754. The minimum Gasteiger partial charge on any atom is -0.507 e. The third-order valence-corrected chi connectivity index (χ3v) is 15.2. The molecule has 4 aliphatic heterocycles. The van der Waals surface area contributed by atoms with Crippen molar-refractivity contribution < 1.29 is 96.4 Å². The molecule has 3 saturated heterocycles. The molecule has 9 amide bonds. The van der Waals surface area contributed by atoms with Crippen LogP contribution in [0.15, 0.2) is 54.6 Å². The van der Waals surface area contributed by atoms with Gasteiger partial charge in [-0.2, -0.15) is 0 Å². The molecule has 9 rings (SSSR count). The number of aromatic hydroxyl groups is 2. The van der Waals surface area contributed by atoms with E-state index in [0.29, 0.717) is 24.4 Å². The number of fused-ring (bicyclic) bond motifs is 6. The Bertz CT molecular complexity index is 3180. The highest BCUT2D eigenvalue weighted by Gasteiger charge is 2.55. The van der Waals surface area contributed by atoms with Crippen LogP contribution in [0.25, 0.3) is 0 Å². The lowest BCUT2D eigenvalue weighted by molar-refractivity contribution is -0.256. The van der Waals surface area contributed by atoms with Crippen LogP contribution in [0.3, 0.4) is 0 Å². The second kappa shape index (κ2) is 25.1. The largest absolute Gasteiger partial charge is 0.507 e. The first-order valence-electron chi connectivity index (χ1n) is 26.8. The van der Waals surface area contributed by atoms with Gasteiger partial charge in [0.2, 0.25) is 23.5 Å². The molecular formula is C55H63N9O20. The van der Waals surface area contributed by atoms with Crippen molar-refractivity contribution in [2.75, 3.05) is 52.3 Å². The number of nitrogens with zero attached hydrogens (tertiary/aromatic N) is 2. The van der Waals surface area contributed by atoms with Gasteiger partial charge in [0.15, 0.2) is 24.6 Å². The standard InChI is InChI=1S/C55H63N9O20/c1-25(58-35(65)15-18-64-36(66)13-14-37(64)67)48(72)59-26(2)49(73)60-29-11-9-28(10-12-29)24-81-54(76)62-61-53(75)57-17-16-56-52(74)55(77)22-31-40(46(71)42-41(44(31)69)43(68)30-7-6-8-33(78-4)39(30)45(42)70)34(23-55)83-38-21-32-47(27(3)82-38)84-50-51(79-5)80-20-19-63(32)50/h6-14,25-27,32,34,38,47,50-51,69,71,77H,15-24H2,1-5H3,(H,56,74)(H,58,65)(H,59,72)(H,60,73)(H,62,76)(H2,57,61,75)/t25-,26-,27-,32-,34-,38-,47+,50+,51-,55-/m0/s1. The van der Waals surface area contributed by atoms with Crippen molar-refractivity contribution in [1.82, 2.24) is 41.9 Å². The highest BCUT2D eigenvalue weighted by molar-refractivity contribution is 6.31. The lowest BCUT2D eigenvalue weighted by Crippen LogP contribution is -2.55. The van der Waals surface area contributed by atoms with Crippen molar-refractivity contribution in [3.63, 3.8) is 0 Å². The zero-order valence-corrected chi connectivity index (χ0v) is 46.1. The summed E-state index contributed by atoms with van der Waals surface area (Å²) in [5.41, 5.74) is 0.913. The fourth-order valence-electron chi connectivity index (χ4n) is 10.9. The van der Waals surface area contributed by atoms with Crippen LogP contribution in [0.2, 0.25) is 0 Å². The van der Waals surface area contributed by atoms with Gasteiger partial charge in [-0.25, -0.2) is 20.4 Å². The molecule has 0 radical (unpaired) electrons. The third kappa shape index (κ3) is 12.4. The molecule has 0 saturated carbocycles. The van der Waals surface area contributed by atoms with Crippen LogP contribution in [0.5, 0.6) is 17.2 Å². The van der Waals surface area contributed by atoms with Crippen molar-refractivity contribution >= 4 is 64.8 Å². The first kappa shape index (κ1) is 60.0. The summed E-state index contributed by atoms with van der Waals surface area (Å²) >= 11 is 0. The number of rotatable bonds is 18. The number of phenols is 2. The first-order chi connectivity index (χ1) is 40.1. The predicted molar refractivity (Wildman–Crippen MR) is 285 cm³/mol. The SMILES string of the molecule is COc1cccc2c1C(=O)c1c(O)c3c(c(O)c1C2=O)C[C@@](O)(C(=O)NCCNC(=O)NNC(=O)OCc1ccc(NC(=O)[C@H](C)NC(=O)[C@H](C)NC(=O)CCN2C(=O)C=CC2=O)cc1)C[C@@H]3O[C@H]1C[C@H]2[C@H](O[C@@H]3[C@@H](OC)OCCN32)[C@H](C)O1. The van der Waals surface area contributed by atoms with Crippen LogP contribution < -0.4 is 42.2 Å². The van der Waals surface area contributed by atoms with Gasteiger partial charge in [0, 0.05) is 99.5 Å². The number of amides is 9. The molecule has 3 fully saturated rings. The van der Waals surface area contributed by atoms with Crippen LogP contribution in [-0.4, -0.2) is 186 Å². The normalized spacial score (nSPS) is 24.7. The Morgan fingerprint density at radius 2 is 1.54 bits per heavy atom. The van der Waals surface area contributed by atoms with Gasteiger partial charge in [-0.15, -0.1) is 0 Å². The number of methoxy groups -OCH3 is 2. The summed E-state index contributed by atoms with van der Waals surface area (Å²) in [6, 6.07) is 7.14. The molecule has 0 unspecified atom stereocenters. The van der Waals surface area contributed by atoms with Gasteiger partial charge in [-0.3, -0.25) is 48.2 Å². The number of ketones is 2. The third-order valence-electron chi connectivity index (χ3n) is 15.2. The van der Waals surface area contributed by atoms with Gasteiger partial charge < -0.3 is 75.1 Å². The second-order valence-corrected chi connectivity index (χ2v) is 20.7. The summed E-state index contributed by atoms with van der Waals surface area (Å²) in [5.74, 6) is -6.94. The van der Waals surface area contributed by atoms with E-state index in [0.717, 1.165) is 17.1 Å². The molecule has 29 nitrogen and oxygen atoms in total. The number of carbonyl (C=O) groups excluding carboxylic acids is 10. The summed E-state index contributed by atoms with van der Waals surface area (Å²) < 4.78 is 41.0. The minimum absolute atomic E-state index is 0.0558. The van der Waals surface area contributed by atoms with Crippen molar-refractivity contribution in [1.29, 1.82) is 0 Å². The van der Waals surface area contributed by atoms with Gasteiger partial charge in [0.1, 0.15) is 47.6 Å². The molecule has 10 atom stereocenters. The molecule has 0 aromatic heterocycles. The summed E-state index contributed by atoms with van der Waals surface area (Å²) in [4.78, 5) is 132. The summed E-state index contributed by atoms with van der Waals surface area (Å²) in [5, 5.41) is 48.9. The number of hydrogen-bond acceptors (Lipinski definition) is 21. The van der Waals surface area contributed by atoms with E-state index in [9.17, 15) is 63.3 Å². The second-order valence-electron chi connectivity index (χ2n) is 20.7. The quantitative estimate of drug-likeness (QED) is 0.0264. The molecular weight excluding hydrogens is 1110 g/mol. The maximum absolute atomic E-state index is 14.2. The minimum atomic E-state index is -2.40. The van der Waals surface area contributed by atoms with Crippen molar-refractivity contribution in [3.05, 3.63) is 93.6 Å². The van der Waals surface area contributed by atoms with Crippen molar-refractivity contribution in [2.45, 2.75) is 114 Å². The van der Waals surface area contributed by atoms with Gasteiger partial charge in [0.05, 0.1) is 42.6 Å². The number of carbonyl (C=O) groups is 10. The maximum atomic E-state index is 14.2. The molecule has 10 N–H and O–H groups in total. The van der Waals surface area contributed by atoms with Crippen LogP contribution in [0, 0.1) is 0 Å². The number of ether oxygens (including phenoxy) is 7. The first-order valence-corrected chi connectivity index (χ1v) is 26.8. The monoisotopic (exact) mass is 1170 g/mol. The Kier molecular flexibility index (Phi) is 17.9. The number of anilines is 1. The zero-order chi connectivity index (χ0) is 60.3. The van der Waals surface area contributed by atoms with Gasteiger partial charge in [-0.05, 0) is 44.5 Å². The van der Waals surface area contributed by atoms with Crippen LogP contribution in [0.1, 0.15) is 94.7 Å². The van der Waals surface area contributed by atoms with E-state index in [1.54, 1.807) is 6.92 Å². The molecule has 3 aromatic carbocycles. The summed E-state index contributed by atoms with van der Waals surface area (Å²) in [7, 11) is 2.82. The number of urea groups is 1. The predicted octanol–water partition coefficient (Wildman–Crippen LogP) is -0.330. The molecule has 6 aliphatic rings. The van der Waals surface area contributed by atoms with E-state index in [4.69, 9.17) is 33.2 Å². The maximum Gasteiger partial charge on any atom is 0.426 e. The Hall–Kier alpha value is -8.58. The van der Waals surface area contributed by atoms with Crippen molar-refractivity contribution in [2.24, 2.45) is 0 Å². The Morgan fingerprint density at radius 1 is 0.833 bits per heavy atom. The topological polar surface area (TPSA) is 387 Å². The van der Waals surface area contributed by atoms with E-state index < -0.39 is 149 Å². The van der Waals surface area contributed by atoms with Crippen molar-refractivity contribution in [3.8, 4) is 17.2 Å². The lowest BCUT2D eigenvalue weighted by atomic mass is 9.72. The molecule has 84 heavy (non-hydrogen) atoms. The summed E-state index contributed by atoms with van der Waals surface area (Å²) in [6.07, 6.45) is -4.81. The van der Waals surface area contributed by atoms with E-state index >= 15 is 0 Å². The van der Waals surface area contributed by atoms with E-state index in [2.05, 4.69) is 42.3 Å². The molecule has 3 aromatic rings. The molecule has 4 heterocycles. The Labute approximate surface area is 478 Å². The number of imide groups is 1. The number of phenolic OH excluding ortho intramolecular Hbond substituents is 2. The number of morpholine rings is 1. The molecule has 0 bridgehead atoms. The van der Waals surface area contributed by atoms with E-state index in [1.165, 1.54) is 70.5 Å². The highest BCUT2D eigenvalue weighted by atomic mass is 16.7. The fraction of sp³-hybridized carbons (Fsp3) is 0.455. The average Bonchev–Trinajstić information content (AvgIpc) is 3.52. The van der Waals surface area contributed by atoms with Crippen LogP contribution >= 0.6 is 0 Å². The molecule has 29 heteroatoms. The smallest absolute Gasteiger partial charge is 0.426 e.